The van der Waals surface area contributed by atoms with Gasteiger partial charge in [-0.25, -0.2) is 10.0 Å². The second-order valence-corrected chi connectivity index (χ2v) is 3.58. The monoisotopic (exact) mass is 195 g/mol. The molecule has 2 aliphatic rings. The summed E-state index contributed by atoms with van der Waals surface area (Å²) in [6, 6.07) is 0. The first-order chi connectivity index (χ1) is 6.68. The van der Waals surface area contributed by atoms with Crippen LogP contribution in [0.2, 0.25) is 0 Å². The van der Waals surface area contributed by atoms with Crippen LogP contribution in [0.4, 0.5) is 0 Å². The third-order valence-electron chi connectivity index (χ3n) is 2.55. The molecule has 1 fully saturated rings. The van der Waals surface area contributed by atoms with Crippen LogP contribution in [0.1, 0.15) is 0 Å². The second-order valence-electron chi connectivity index (χ2n) is 3.58. The van der Waals surface area contributed by atoms with Crippen molar-refractivity contribution in [1.29, 1.82) is 0 Å². The van der Waals surface area contributed by atoms with Gasteiger partial charge in [-0.3, -0.25) is 9.59 Å². The van der Waals surface area contributed by atoms with Gasteiger partial charge >= 0.3 is 0 Å². The number of rotatable bonds is 1. The predicted molar refractivity (Wildman–Crippen MR) is 50.1 cm³/mol. The topological polar surface area (TPSA) is 43.9 Å². The highest BCUT2D eigenvalue weighted by Gasteiger charge is 2.31. The molecule has 0 spiro atoms. The van der Waals surface area contributed by atoms with E-state index in [1.807, 2.05) is 12.1 Å². The predicted octanol–water partition coefficient (Wildman–Crippen LogP) is -0.926. The van der Waals surface area contributed by atoms with E-state index in [1.165, 1.54) is 17.2 Å². The summed E-state index contributed by atoms with van der Waals surface area (Å²) in [5.41, 5.74) is 0. The van der Waals surface area contributed by atoms with E-state index in [2.05, 4.69) is 4.90 Å². The first-order valence-electron chi connectivity index (χ1n) is 4.68. The van der Waals surface area contributed by atoms with Crippen molar-refractivity contribution in [3.63, 3.8) is 0 Å². The van der Waals surface area contributed by atoms with E-state index in [1.54, 1.807) is 0 Å². The third-order valence-corrected chi connectivity index (χ3v) is 2.55. The number of hydrogen-bond donors (Lipinski definition) is 0. The SMILES string of the molecule is CN1CCN(N2C(=O)C=CC2=O)CC1. The van der Waals surface area contributed by atoms with Gasteiger partial charge in [-0.2, -0.15) is 0 Å². The van der Waals surface area contributed by atoms with E-state index in [0.29, 0.717) is 0 Å². The highest BCUT2D eigenvalue weighted by atomic mass is 16.2. The Kier molecular flexibility index (Phi) is 2.35. The first kappa shape index (κ1) is 9.36. The molecule has 5 nitrogen and oxygen atoms in total. The van der Waals surface area contributed by atoms with Crippen LogP contribution in [-0.4, -0.2) is 60.0 Å². The van der Waals surface area contributed by atoms with Crippen LogP contribution < -0.4 is 0 Å². The van der Waals surface area contributed by atoms with E-state index in [0.717, 1.165) is 26.2 Å². The Morgan fingerprint density at radius 2 is 1.50 bits per heavy atom. The van der Waals surface area contributed by atoms with Gasteiger partial charge in [-0.05, 0) is 7.05 Å². The summed E-state index contributed by atoms with van der Waals surface area (Å²) in [4.78, 5) is 24.8. The van der Waals surface area contributed by atoms with Crippen LogP contribution in [0.15, 0.2) is 12.2 Å². The molecule has 0 N–H and O–H groups in total. The third kappa shape index (κ3) is 1.56. The quantitative estimate of drug-likeness (QED) is 0.507. The number of nitrogens with zero attached hydrogens (tertiary/aromatic N) is 3. The van der Waals surface area contributed by atoms with Crippen LogP contribution in [0.3, 0.4) is 0 Å². The van der Waals surface area contributed by atoms with Gasteiger partial charge in [-0.1, -0.05) is 0 Å². The fourth-order valence-electron chi connectivity index (χ4n) is 1.67. The van der Waals surface area contributed by atoms with Crippen LogP contribution in [0.25, 0.3) is 0 Å². The van der Waals surface area contributed by atoms with Crippen molar-refractivity contribution in [2.45, 2.75) is 0 Å². The molecule has 0 aromatic rings. The zero-order valence-corrected chi connectivity index (χ0v) is 8.14. The molecule has 0 aromatic carbocycles. The van der Waals surface area contributed by atoms with Gasteiger partial charge in [-0.15, -0.1) is 0 Å². The minimum absolute atomic E-state index is 0.223. The number of hydrogen-bond acceptors (Lipinski definition) is 4. The number of imide groups is 1. The summed E-state index contributed by atoms with van der Waals surface area (Å²) in [6.45, 7) is 3.24. The molecule has 1 saturated heterocycles. The molecular formula is C9H13N3O2. The van der Waals surface area contributed by atoms with Gasteiger partial charge in [0.1, 0.15) is 0 Å². The highest BCUT2D eigenvalue weighted by Crippen LogP contribution is 2.10. The minimum atomic E-state index is -0.223. The van der Waals surface area contributed by atoms with E-state index in [9.17, 15) is 9.59 Å². The van der Waals surface area contributed by atoms with Gasteiger partial charge in [0.05, 0.1) is 0 Å². The molecule has 5 heteroatoms. The molecule has 0 radical (unpaired) electrons. The lowest BCUT2D eigenvalue weighted by Crippen LogP contribution is -2.54. The molecule has 2 amide bonds. The second kappa shape index (κ2) is 3.51. The van der Waals surface area contributed by atoms with Crippen molar-refractivity contribution in [3.05, 3.63) is 12.2 Å². The molecule has 0 aromatic heterocycles. The largest absolute Gasteiger partial charge is 0.304 e. The average molecular weight is 195 g/mol. The maximum Gasteiger partial charge on any atom is 0.268 e. The molecule has 0 aliphatic carbocycles. The van der Waals surface area contributed by atoms with Crippen molar-refractivity contribution in [1.82, 2.24) is 14.9 Å². The number of carbonyl (C=O) groups is 2. The van der Waals surface area contributed by atoms with Crippen LogP contribution >= 0.6 is 0 Å². The van der Waals surface area contributed by atoms with Crippen molar-refractivity contribution >= 4 is 11.8 Å². The summed E-state index contributed by atoms with van der Waals surface area (Å²) >= 11 is 0. The summed E-state index contributed by atoms with van der Waals surface area (Å²) in [5, 5.41) is 3.04. The smallest absolute Gasteiger partial charge is 0.268 e. The lowest BCUT2D eigenvalue weighted by Gasteiger charge is -2.36. The van der Waals surface area contributed by atoms with Crippen molar-refractivity contribution in [3.8, 4) is 0 Å². The van der Waals surface area contributed by atoms with Crippen LogP contribution in [0, 0.1) is 0 Å². The van der Waals surface area contributed by atoms with Gasteiger partial charge in [0.15, 0.2) is 0 Å². The Morgan fingerprint density at radius 1 is 1.00 bits per heavy atom. The van der Waals surface area contributed by atoms with Gasteiger partial charge in [0.25, 0.3) is 11.8 Å². The van der Waals surface area contributed by atoms with Crippen LogP contribution in [-0.2, 0) is 9.59 Å². The van der Waals surface area contributed by atoms with E-state index < -0.39 is 0 Å². The first-order valence-corrected chi connectivity index (χ1v) is 4.68. The van der Waals surface area contributed by atoms with Crippen molar-refractivity contribution in [2.24, 2.45) is 0 Å². The minimum Gasteiger partial charge on any atom is -0.304 e. The van der Waals surface area contributed by atoms with E-state index in [4.69, 9.17) is 0 Å². The molecule has 0 unspecified atom stereocenters. The van der Waals surface area contributed by atoms with Crippen LogP contribution in [0.5, 0.6) is 0 Å². The van der Waals surface area contributed by atoms with E-state index >= 15 is 0 Å². The molecule has 0 atom stereocenters. The summed E-state index contributed by atoms with van der Waals surface area (Å²) in [6.07, 6.45) is 2.64. The highest BCUT2D eigenvalue weighted by molar-refractivity contribution is 6.12. The zero-order valence-electron chi connectivity index (χ0n) is 8.14. The lowest BCUT2D eigenvalue weighted by atomic mass is 10.4. The maximum absolute atomic E-state index is 11.3. The Hall–Kier alpha value is -1.20. The molecule has 14 heavy (non-hydrogen) atoms. The molecule has 2 rings (SSSR count). The zero-order chi connectivity index (χ0) is 10.1. The van der Waals surface area contributed by atoms with Gasteiger partial charge < -0.3 is 4.90 Å². The Labute approximate surface area is 82.5 Å². The Balaban J connectivity index is 2.02. The fraction of sp³-hybridized carbons (Fsp3) is 0.556. The normalized spacial score (nSPS) is 25.1. The molecule has 0 saturated carbocycles. The van der Waals surface area contributed by atoms with Crippen molar-refractivity contribution in [2.75, 3.05) is 33.2 Å². The lowest BCUT2D eigenvalue weighted by molar-refractivity contribution is -0.158. The fourth-order valence-corrected chi connectivity index (χ4v) is 1.67. The van der Waals surface area contributed by atoms with E-state index in [-0.39, 0.29) is 11.8 Å². The maximum atomic E-state index is 11.3. The number of hydrazine groups is 1. The molecule has 2 heterocycles. The summed E-state index contributed by atoms with van der Waals surface area (Å²) in [5.74, 6) is -0.445. The van der Waals surface area contributed by atoms with Gasteiger partial charge in [0.2, 0.25) is 0 Å². The molecular weight excluding hydrogens is 182 g/mol. The number of amides is 2. The molecule has 76 valence electrons. The number of likely N-dealkylation sites (N-methyl/N-ethyl adjacent to an activating group) is 1. The standard InChI is InChI=1S/C9H13N3O2/c1-10-4-6-11(7-5-10)12-8(13)2-3-9(12)14/h2-3H,4-7H2,1H3. The Morgan fingerprint density at radius 3 is 2.00 bits per heavy atom. The van der Waals surface area contributed by atoms with Gasteiger partial charge in [0, 0.05) is 38.3 Å². The molecule has 2 aliphatic heterocycles. The summed E-state index contributed by atoms with van der Waals surface area (Å²) < 4.78 is 0. The summed E-state index contributed by atoms with van der Waals surface area (Å²) in [7, 11) is 2.03. The number of carbonyl (C=O) groups excluding carboxylic acids is 2. The average Bonchev–Trinajstić information content (AvgIpc) is 2.49. The Bertz CT molecular complexity index is 274. The van der Waals surface area contributed by atoms with Crippen molar-refractivity contribution < 1.29 is 9.59 Å². The number of piperazine rings is 1. The molecule has 0 bridgehead atoms.